The minimum Gasteiger partial charge on any atom is -0.351 e. The predicted octanol–water partition coefficient (Wildman–Crippen LogP) is 4.09. The first-order valence-electron chi connectivity index (χ1n) is 7.14. The van der Waals surface area contributed by atoms with Crippen LogP contribution < -0.4 is 4.90 Å². The first-order chi connectivity index (χ1) is 10.7. The molecule has 0 bridgehead atoms. The second-order valence-electron chi connectivity index (χ2n) is 5.41. The third-order valence-electron chi connectivity index (χ3n) is 4.09. The number of halogens is 2. The fraction of sp³-hybridized carbons (Fsp3) is 0.176. The Morgan fingerprint density at radius 3 is 2.95 bits per heavy atom. The van der Waals surface area contributed by atoms with Gasteiger partial charge in [0.2, 0.25) is 0 Å². The molecule has 2 aromatic carbocycles. The van der Waals surface area contributed by atoms with E-state index in [9.17, 15) is 4.39 Å². The average Bonchev–Trinajstić information content (AvgIpc) is 2.54. The van der Waals surface area contributed by atoms with E-state index in [0.29, 0.717) is 0 Å². The maximum absolute atomic E-state index is 13.6. The Morgan fingerprint density at radius 1 is 1.14 bits per heavy atom. The molecule has 0 amide bonds. The van der Waals surface area contributed by atoms with Gasteiger partial charge >= 0.3 is 0 Å². The van der Waals surface area contributed by atoms with Gasteiger partial charge in [-0.25, -0.2) is 14.4 Å². The summed E-state index contributed by atoms with van der Waals surface area (Å²) in [5.41, 5.74) is 3.40. The zero-order valence-corrected chi connectivity index (χ0v) is 13.3. The van der Waals surface area contributed by atoms with Crippen molar-refractivity contribution in [1.29, 1.82) is 0 Å². The summed E-state index contributed by atoms with van der Waals surface area (Å²) in [5.74, 6) is 0.535. The van der Waals surface area contributed by atoms with Gasteiger partial charge in [0.15, 0.2) is 0 Å². The van der Waals surface area contributed by atoms with E-state index in [1.54, 1.807) is 12.4 Å². The number of benzene rings is 2. The quantitative estimate of drug-likeness (QED) is 0.656. The van der Waals surface area contributed by atoms with Crippen molar-refractivity contribution in [2.24, 2.45) is 0 Å². The minimum absolute atomic E-state index is 0.262. The standard InChI is InChI=1S/C17H13BrFN3/c18-15-3-1-2-11-6-7-22(9-14(11)15)17-13-8-12(19)4-5-16(13)20-10-21-17/h1-5,8,10H,6-7,9H2. The molecule has 0 saturated carbocycles. The summed E-state index contributed by atoms with van der Waals surface area (Å²) in [4.78, 5) is 10.8. The molecule has 0 saturated heterocycles. The minimum atomic E-state index is -0.262. The molecule has 110 valence electrons. The second-order valence-corrected chi connectivity index (χ2v) is 6.26. The predicted molar refractivity (Wildman–Crippen MR) is 88.4 cm³/mol. The van der Waals surface area contributed by atoms with Gasteiger partial charge in [0.1, 0.15) is 18.0 Å². The van der Waals surface area contributed by atoms with Crippen LogP contribution in [0, 0.1) is 5.82 Å². The van der Waals surface area contributed by atoms with Gasteiger partial charge in [-0.2, -0.15) is 0 Å². The third kappa shape index (κ3) is 2.25. The van der Waals surface area contributed by atoms with E-state index in [1.807, 2.05) is 0 Å². The molecular formula is C17H13BrFN3. The number of nitrogens with zero attached hydrogens (tertiary/aromatic N) is 3. The number of hydrogen-bond donors (Lipinski definition) is 0. The number of aromatic nitrogens is 2. The van der Waals surface area contributed by atoms with Crippen LogP contribution in [0.4, 0.5) is 10.2 Å². The van der Waals surface area contributed by atoms with Crippen LogP contribution in [0.3, 0.4) is 0 Å². The van der Waals surface area contributed by atoms with Crippen LogP contribution in [0.25, 0.3) is 10.9 Å². The van der Waals surface area contributed by atoms with Gasteiger partial charge in [-0.1, -0.05) is 28.1 Å². The first-order valence-corrected chi connectivity index (χ1v) is 7.93. The molecule has 0 radical (unpaired) electrons. The lowest BCUT2D eigenvalue weighted by Crippen LogP contribution is -2.31. The van der Waals surface area contributed by atoms with Gasteiger partial charge in [0.25, 0.3) is 0 Å². The first kappa shape index (κ1) is 13.6. The van der Waals surface area contributed by atoms with Crippen molar-refractivity contribution >= 4 is 32.7 Å². The largest absolute Gasteiger partial charge is 0.351 e. The molecule has 0 N–H and O–H groups in total. The van der Waals surface area contributed by atoms with Gasteiger partial charge in [0, 0.05) is 22.9 Å². The molecule has 0 unspecified atom stereocenters. The summed E-state index contributed by atoms with van der Waals surface area (Å²) < 4.78 is 14.7. The SMILES string of the molecule is Fc1ccc2ncnc(N3CCc4cccc(Br)c4C3)c2c1. The van der Waals surface area contributed by atoms with Gasteiger partial charge in [0.05, 0.1) is 5.52 Å². The van der Waals surface area contributed by atoms with Crippen molar-refractivity contribution < 1.29 is 4.39 Å². The van der Waals surface area contributed by atoms with Crippen LogP contribution in [-0.4, -0.2) is 16.5 Å². The van der Waals surface area contributed by atoms with E-state index < -0.39 is 0 Å². The lowest BCUT2D eigenvalue weighted by Gasteiger charge is -2.31. The zero-order valence-electron chi connectivity index (χ0n) is 11.8. The van der Waals surface area contributed by atoms with Gasteiger partial charge in [-0.3, -0.25) is 0 Å². The van der Waals surface area contributed by atoms with Gasteiger partial charge < -0.3 is 4.90 Å². The lowest BCUT2D eigenvalue weighted by molar-refractivity contribution is 0.629. The normalized spacial score (nSPS) is 14.2. The Hall–Kier alpha value is -2.01. The summed E-state index contributed by atoms with van der Waals surface area (Å²) in [6.07, 6.45) is 2.50. The number of rotatable bonds is 1. The van der Waals surface area contributed by atoms with Crippen molar-refractivity contribution in [2.45, 2.75) is 13.0 Å². The Bertz CT molecular complexity index is 866. The number of fused-ring (bicyclic) bond motifs is 2. The molecule has 5 heteroatoms. The molecule has 0 aliphatic carbocycles. The number of hydrogen-bond acceptors (Lipinski definition) is 3. The van der Waals surface area contributed by atoms with Crippen molar-refractivity contribution in [2.75, 3.05) is 11.4 Å². The molecule has 1 aliphatic rings. The van der Waals surface area contributed by atoms with E-state index in [-0.39, 0.29) is 5.82 Å². The maximum Gasteiger partial charge on any atom is 0.140 e. The van der Waals surface area contributed by atoms with Gasteiger partial charge in [-0.05, 0) is 41.8 Å². The summed E-state index contributed by atoms with van der Waals surface area (Å²) in [5, 5.41) is 0.762. The average molecular weight is 358 g/mol. The summed E-state index contributed by atoms with van der Waals surface area (Å²) in [6.45, 7) is 1.63. The molecule has 1 aliphatic heterocycles. The number of anilines is 1. The van der Waals surface area contributed by atoms with Crippen molar-refractivity contribution in [1.82, 2.24) is 9.97 Å². The molecule has 1 aromatic heterocycles. The summed E-state index contributed by atoms with van der Waals surface area (Å²) in [7, 11) is 0. The Kier molecular flexibility index (Phi) is 3.30. The fourth-order valence-corrected chi connectivity index (χ4v) is 3.52. The fourth-order valence-electron chi connectivity index (χ4n) is 2.99. The van der Waals surface area contributed by atoms with E-state index in [1.165, 1.54) is 23.3 Å². The smallest absolute Gasteiger partial charge is 0.140 e. The van der Waals surface area contributed by atoms with Crippen LogP contribution in [0.15, 0.2) is 47.2 Å². The lowest BCUT2D eigenvalue weighted by atomic mass is 9.99. The molecular weight excluding hydrogens is 345 g/mol. The van der Waals surface area contributed by atoms with Crippen molar-refractivity contribution in [3.63, 3.8) is 0 Å². The molecule has 0 spiro atoms. The molecule has 4 rings (SSSR count). The second kappa shape index (κ2) is 5.32. The Labute approximate surface area is 135 Å². The highest BCUT2D eigenvalue weighted by molar-refractivity contribution is 9.10. The van der Waals surface area contributed by atoms with Crippen LogP contribution in [0.1, 0.15) is 11.1 Å². The van der Waals surface area contributed by atoms with Crippen LogP contribution in [-0.2, 0) is 13.0 Å². The van der Waals surface area contributed by atoms with E-state index in [0.717, 1.165) is 40.7 Å². The van der Waals surface area contributed by atoms with Crippen LogP contribution in [0.5, 0.6) is 0 Å². The van der Waals surface area contributed by atoms with E-state index in [4.69, 9.17) is 0 Å². The van der Waals surface area contributed by atoms with E-state index >= 15 is 0 Å². The topological polar surface area (TPSA) is 29.0 Å². The highest BCUT2D eigenvalue weighted by atomic mass is 79.9. The molecule has 2 heterocycles. The molecule has 0 fully saturated rings. The van der Waals surface area contributed by atoms with Crippen LogP contribution >= 0.6 is 15.9 Å². The molecule has 22 heavy (non-hydrogen) atoms. The highest BCUT2D eigenvalue weighted by Crippen LogP contribution is 2.31. The molecule has 0 atom stereocenters. The van der Waals surface area contributed by atoms with Crippen molar-refractivity contribution in [3.05, 3.63) is 64.1 Å². The molecule has 3 nitrogen and oxygen atoms in total. The highest BCUT2D eigenvalue weighted by Gasteiger charge is 2.21. The zero-order chi connectivity index (χ0) is 15.1. The van der Waals surface area contributed by atoms with Crippen molar-refractivity contribution in [3.8, 4) is 0 Å². The van der Waals surface area contributed by atoms with E-state index in [2.05, 4.69) is 49.0 Å². The maximum atomic E-state index is 13.6. The Balaban J connectivity index is 1.81. The Morgan fingerprint density at radius 2 is 2.05 bits per heavy atom. The third-order valence-corrected chi connectivity index (χ3v) is 4.83. The molecule has 3 aromatic rings. The van der Waals surface area contributed by atoms with Crippen LogP contribution in [0.2, 0.25) is 0 Å². The van der Waals surface area contributed by atoms with Gasteiger partial charge in [-0.15, -0.1) is 0 Å². The monoisotopic (exact) mass is 357 g/mol. The summed E-state index contributed by atoms with van der Waals surface area (Å²) >= 11 is 3.62. The summed E-state index contributed by atoms with van der Waals surface area (Å²) in [6, 6.07) is 10.9.